The van der Waals surface area contributed by atoms with E-state index >= 15 is 0 Å². The van der Waals surface area contributed by atoms with Crippen molar-refractivity contribution in [3.63, 3.8) is 0 Å². The molecule has 0 bridgehead atoms. The van der Waals surface area contributed by atoms with Crippen molar-refractivity contribution in [2.24, 2.45) is 7.05 Å². The molecule has 1 heterocycles. The van der Waals surface area contributed by atoms with E-state index in [1.165, 1.54) is 10.6 Å². The molecule has 0 aliphatic rings. The summed E-state index contributed by atoms with van der Waals surface area (Å²) >= 11 is 0. The minimum Gasteiger partial charge on any atom is -0.539 e. The van der Waals surface area contributed by atoms with Crippen molar-refractivity contribution in [3.8, 4) is 0 Å². The highest BCUT2D eigenvalue weighted by atomic mass is 35.5. The normalized spacial score (nSPS) is 8.45. The first-order chi connectivity index (χ1) is 4.72. The standard InChI is InChI=1S/C7H7NO2.ClH/c1-8-5-3-2-4-6(8)7(9)10;/h2-5H,1H3;1H. The quantitative estimate of drug-likeness (QED) is 0.527. The Kier molecular flexibility index (Phi) is 3.54. The third-order valence-electron chi connectivity index (χ3n) is 1.26. The average molecular weight is 174 g/mol. The maximum Gasteiger partial charge on any atom is 0.227 e. The third-order valence-corrected chi connectivity index (χ3v) is 1.26. The SMILES string of the molecule is C[n+]1ccccc1C(=O)[O-].Cl. The Bertz CT molecular complexity index is 262. The van der Waals surface area contributed by atoms with Gasteiger partial charge in [0.15, 0.2) is 6.20 Å². The van der Waals surface area contributed by atoms with E-state index in [1.807, 2.05) is 0 Å². The molecule has 0 aromatic carbocycles. The number of hydrogen-bond donors (Lipinski definition) is 0. The fraction of sp³-hybridized carbons (Fsp3) is 0.143. The van der Waals surface area contributed by atoms with E-state index in [9.17, 15) is 9.90 Å². The molecule has 0 aliphatic carbocycles. The summed E-state index contributed by atoms with van der Waals surface area (Å²) in [5.74, 6) is -1.15. The van der Waals surface area contributed by atoms with Gasteiger partial charge < -0.3 is 9.90 Å². The number of carboxylic acid groups (broad SMARTS) is 1. The number of aromatic carboxylic acids is 1. The topological polar surface area (TPSA) is 44.0 Å². The van der Waals surface area contributed by atoms with Crippen LogP contribution in [0.5, 0.6) is 0 Å². The van der Waals surface area contributed by atoms with Gasteiger partial charge in [0.2, 0.25) is 5.69 Å². The second kappa shape index (κ2) is 3.93. The number of aryl methyl sites for hydroxylation is 1. The van der Waals surface area contributed by atoms with Crippen LogP contribution in [0.3, 0.4) is 0 Å². The van der Waals surface area contributed by atoms with Crippen molar-refractivity contribution in [1.82, 2.24) is 0 Å². The van der Waals surface area contributed by atoms with E-state index < -0.39 is 5.97 Å². The highest BCUT2D eigenvalue weighted by Gasteiger charge is 2.02. The van der Waals surface area contributed by atoms with Crippen LogP contribution in [0.2, 0.25) is 0 Å². The first-order valence-corrected chi connectivity index (χ1v) is 2.88. The van der Waals surface area contributed by atoms with Crippen molar-refractivity contribution >= 4 is 18.4 Å². The van der Waals surface area contributed by atoms with Crippen LogP contribution in [0.1, 0.15) is 10.5 Å². The van der Waals surface area contributed by atoms with Crippen molar-refractivity contribution in [3.05, 3.63) is 30.1 Å². The van der Waals surface area contributed by atoms with Gasteiger partial charge in [0.05, 0.1) is 0 Å². The number of carboxylic acids is 1. The summed E-state index contributed by atoms with van der Waals surface area (Å²) in [6, 6.07) is 4.91. The zero-order chi connectivity index (χ0) is 7.56. The molecule has 1 aromatic rings. The Balaban J connectivity index is 0.000001000. The lowest BCUT2D eigenvalue weighted by molar-refractivity contribution is -0.676. The van der Waals surface area contributed by atoms with Crippen molar-refractivity contribution in [2.45, 2.75) is 0 Å². The molecule has 4 heteroatoms. The lowest BCUT2D eigenvalue weighted by atomic mass is 10.3. The van der Waals surface area contributed by atoms with Crippen LogP contribution in [-0.2, 0) is 7.05 Å². The minimum absolute atomic E-state index is 0. The van der Waals surface area contributed by atoms with Crippen LogP contribution in [-0.4, -0.2) is 5.97 Å². The molecule has 0 atom stereocenters. The molecule has 0 unspecified atom stereocenters. The maximum absolute atomic E-state index is 10.3. The Morgan fingerprint density at radius 3 is 2.55 bits per heavy atom. The number of pyridine rings is 1. The molecule has 0 amide bonds. The van der Waals surface area contributed by atoms with Gasteiger partial charge in [-0.15, -0.1) is 12.4 Å². The van der Waals surface area contributed by atoms with Crippen LogP contribution in [0.4, 0.5) is 0 Å². The van der Waals surface area contributed by atoms with E-state index in [0.717, 1.165) is 0 Å². The number of rotatable bonds is 1. The van der Waals surface area contributed by atoms with E-state index in [4.69, 9.17) is 0 Å². The van der Waals surface area contributed by atoms with Gasteiger partial charge in [-0.25, -0.2) is 0 Å². The molecule has 0 radical (unpaired) electrons. The van der Waals surface area contributed by atoms with Gasteiger partial charge >= 0.3 is 0 Å². The van der Waals surface area contributed by atoms with Crippen molar-refractivity contribution in [1.29, 1.82) is 0 Å². The molecule has 1 rings (SSSR count). The van der Waals surface area contributed by atoms with Crippen LogP contribution in [0.25, 0.3) is 0 Å². The maximum atomic E-state index is 10.3. The van der Waals surface area contributed by atoms with Crippen LogP contribution in [0, 0.1) is 0 Å². The molecule has 1 aromatic heterocycles. The van der Waals surface area contributed by atoms with Crippen molar-refractivity contribution < 1.29 is 14.5 Å². The van der Waals surface area contributed by atoms with Gasteiger partial charge in [0.1, 0.15) is 13.0 Å². The summed E-state index contributed by atoms with van der Waals surface area (Å²) in [6.07, 6.45) is 1.66. The number of nitrogens with zero attached hydrogens (tertiary/aromatic N) is 1. The zero-order valence-corrected chi connectivity index (χ0v) is 6.80. The van der Waals surface area contributed by atoms with Crippen LogP contribution in [0.15, 0.2) is 24.4 Å². The molecule has 0 saturated carbocycles. The smallest absolute Gasteiger partial charge is 0.227 e. The predicted molar refractivity (Wildman–Crippen MR) is 39.2 cm³/mol. The molecule has 0 aliphatic heterocycles. The molecule has 0 N–H and O–H groups in total. The van der Waals surface area contributed by atoms with E-state index in [1.54, 1.807) is 25.4 Å². The second-order valence-electron chi connectivity index (χ2n) is 1.98. The Labute approximate surface area is 70.7 Å². The number of aromatic nitrogens is 1. The highest BCUT2D eigenvalue weighted by Crippen LogP contribution is 1.86. The first kappa shape index (κ1) is 9.91. The number of carbonyl (C=O) groups excluding carboxylic acids is 1. The lowest BCUT2D eigenvalue weighted by Gasteiger charge is -1.97. The summed E-state index contributed by atoms with van der Waals surface area (Å²) in [4.78, 5) is 10.3. The molecule has 3 nitrogen and oxygen atoms in total. The van der Waals surface area contributed by atoms with Crippen LogP contribution < -0.4 is 9.67 Å². The number of hydrogen-bond acceptors (Lipinski definition) is 2. The molecular weight excluding hydrogens is 166 g/mol. The van der Waals surface area contributed by atoms with Gasteiger partial charge in [0, 0.05) is 12.1 Å². The number of carbonyl (C=O) groups is 1. The predicted octanol–water partition coefficient (Wildman–Crippen LogP) is -0.704. The van der Waals surface area contributed by atoms with Crippen molar-refractivity contribution in [2.75, 3.05) is 0 Å². The molecule has 11 heavy (non-hydrogen) atoms. The minimum atomic E-state index is -1.15. The first-order valence-electron chi connectivity index (χ1n) is 2.88. The monoisotopic (exact) mass is 173 g/mol. The van der Waals surface area contributed by atoms with E-state index in [0.29, 0.717) is 0 Å². The summed E-state index contributed by atoms with van der Waals surface area (Å²) < 4.78 is 1.50. The van der Waals surface area contributed by atoms with E-state index in [-0.39, 0.29) is 18.1 Å². The Morgan fingerprint density at radius 1 is 1.55 bits per heavy atom. The van der Waals surface area contributed by atoms with Gasteiger partial charge in [-0.1, -0.05) is 0 Å². The lowest BCUT2D eigenvalue weighted by Crippen LogP contribution is -2.40. The summed E-state index contributed by atoms with van der Waals surface area (Å²) in [6.45, 7) is 0. The fourth-order valence-electron chi connectivity index (χ4n) is 0.735. The fourth-order valence-corrected chi connectivity index (χ4v) is 0.735. The molecule has 0 saturated heterocycles. The number of halogens is 1. The largest absolute Gasteiger partial charge is 0.539 e. The van der Waals surface area contributed by atoms with Gasteiger partial charge in [-0.05, 0) is 6.07 Å². The third kappa shape index (κ3) is 2.20. The average Bonchev–Trinajstić information content (AvgIpc) is 1.88. The Hall–Kier alpha value is -1.09. The van der Waals surface area contributed by atoms with Crippen LogP contribution >= 0.6 is 12.4 Å². The van der Waals surface area contributed by atoms with Gasteiger partial charge in [-0.3, -0.25) is 0 Å². The molecule has 0 spiro atoms. The van der Waals surface area contributed by atoms with Gasteiger partial charge in [0.25, 0.3) is 0 Å². The highest BCUT2D eigenvalue weighted by molar-refractivity contribution is 5.85. The van der Waals surface area contributed by atoms with Gasteiger partial charge in [-0.2, -0.15) is 4.57 Å². The van der Waals surface area contributed by atoms with E-state index in [2.05, 4.69) is 0 Å². The summed E-state index contributed by atoms with van der Waals surface area (Å²) in [7, 11) is 1.66. The molecule has 0 fully saturated rings. The molecular formula is C7H8ClNO2. The molecule has 60 valence electrons. The second-order valence-corrected chi connectivity index (χ2v) is 1.98. The Morgan fingerprint density at radius 2 is 2.18 bits per heavy atom. The zero-order valence-electron chi connectivity index (χ0n) is 5.98. The summed E-state index contributed by atoms with van der Waals surface area (Å²) in [5.41, 5.74) is 0.183. The summed E-state index contributed by atoms with van der Waals surface area (Å²) in [5, 5.41) is 10.3.